The van der Waals surface area contributed by atoms with Crippen molar-refractivity contribution >= 4 is 16.9 Å². The van der Waals surface area contributed by atoms with E-state index in [0.717, 1.165) is 40.7 Å². The van der Waals surface area contributed by atoms with Crippen LogP contribution in [0, 0.1) is 13.8 Å². The first kappa shape index (κ1) is 23.2. The van der Waals surface area contributed by atoms with Gasteiger partial charge in [0.05, 0.1) is 11.0 Å². The molecule has 1 aliphatic rings. The van der Waals surface area contributed by atoms with Gasteiger partial charge < -0.3 is 14.9 Å². The number of para-hydroxylation sites is 1. The third kappa shape index (κ3) is 5.59. The molecule has 2 heterocycles. The third-order valence-electron chi connectivity index (χ3n) is 4.32. The molecule has 3 aromatic rings. The van der Waals surface area contributed by atoms with Gasteiger partial charge in [0, 0.05) is 19.2 Å². The molecule has 2 N–H and O–H groups in total. The molecule has 2 aromatic carbocycles. The highest BCUT2D eigenvalue weighted by molar-refractivity contribution is 5.96. The summed E-state index contributed by atoms with van der Waals surface area (Å²) < 4.78 is 0. The monoisotopic (exact) mass is 383 g/mol. The lowest BCUT2D eigenvalue weighted by molar-refractivity contribution is 0.0781. The number of aryl methyl sites for hydroxylation is 2. The zero-order valence-corrected chi connectivity index (χ0v) is 18.1. The Morgan fingerprint density at radius 1 is 0.929 bits per heavy atom. The predicted octanol–water partition coefficient (Wildman–Crippen LogP) is 4.84. The Labute approximate surface area is 167 Å². The predicted molar refractivity (Wildman–Crippen MR) is 118 cm³/mol. The summed E-state index contributed by atoms with van der Waals surface area (Å²) in [7, 11) is 1.85. The van der Waals surface area contributed by atoms with Crippen LogP contribution in [-0.4, -0.2) is 34.4 Å². The number of likely N-dealkylation sites (N-methyl/N-ethyl adjacent to an activating group) is 1. The SMILES string of the molecule is CC.CC.Cc1ccc2c(c1)C(=O)N(C)CC2.Cc1cccc2[nH]c(=O)[nH]c12. The number of amides is 1. The normalized spacial score (nSPS) is 12.0. The van der Waals surface area contributed by atoms with Crippen LogP contribution in [0.2, 0.25) is 0 Å². The molecular weight excluding hydrogens is 350 g/mol. The van der Waals surface area contributed by atoms with Gasteiger partial charge in [0.2, 0.25) is 0 Å². The first-order chi connectivity index (χ1) is 13.5. The molecule has 0 radical (unpaired) electrons. The van der Waals surface area contributed by atoms with Crippen molar-refractivity contribution in [3.05, 3.63) is 69.1 Å². The lowest BCUT2D eigenvalue weighted by Gasteiger charge is -2.24. The summed E-state index contributed by atoms with van der Waals surface area (Å²) in [5.74, 6) is 0.157. The number of hydrogen-bond donors (Lipinski definition) is 2. The largest absolute Gasteiger partial charge is 0.341 e. The summed E-state index contributed by atoms with van der Waals surface area (Å²) in [6.45, 7) is 12.8. The fourth-order valence-corrected chi connectivity index (χ4v) is 2.91. The van der Waals surface area contributed by atoms with Gasteiger partial charge in [-0.05, 0) is 43.5 Å². The molecule has 0 saturated carbocycles. The van der Waals surface area contributed by atoms with Gasteiger partial charge in [0.1, 0.15) is 0 Å². The highest BCUT2D eigenvalue weighted by Crippen LogP contribution is 2.18. The van der Waals surface area contributed by atoms with Gasteiger partial charge in [-0.2, -0.15) is 0 Å². The Balaban J connectivity index is 0.000000240. The number of aromatic amines is 2. The fraction of sp³-hybridized carbons (Fsp3) is 0.391. The van der Waals surface area contributed by atoms with Crippen molar-refractivity contribution in [1.29, 1.82) is 0 Å². The molecule has 0 bridgehead atoms. The lowest BCUT2D eigenvalue weighted by Crippen LogP contribution is -2.34. The Morgan fingerprint density at radius 2 is 1.61 bits per heavy atom. The second kappa shape index (κ2) is 11.1. The molecule has 5 heteroatoms. The van der Waals surface area contributed by atoms with Crippen molar-refractivity contribution in [3.8, 4) is 0 Å². The molecule has 0 fully saturated rings. The summed E-state index contributed by atoms with van der Waals surface area (Å²) in [4.78, 5) is 29.7. The maximum Gasteiger partial charge on any atom is 0.323 e. The van der Waals surface area contributed by atoms with Crippen LogP contribution in [0.4, 0.5) is 0 Å². The average molecular weight is 384 g/mol. The first-order valence-corrected chi connectivity index (χ1v) is 9.98. The Kier molecular flexibility index (Phi) is 9.22. The van der Waals surface area contributed by atoms with Crippen molar-refractivity contribution in [1.82, 2.24) is 14.9 Å². The van der Waals surface area contributed by atoms with E-state index in [2.05, 4.69) is 22.1 Å². The number of aromatic nitrogens is 2. The maximum atomic E-state index is 11.7. The molecule has 0 saturated heterocycles. The quantitative estimate of drug-likeness (QED) is 0.583. The lowest BCUT2D eigenvalue weighted by atomic mass is 9.97. The van der Waals surface area contributed by atoms with Crippen LogP contribution in [0.3, 0.4) is 0 Å². The third-order valence-corrected chi connectivity index (χ3v) is 4.32. The van der Waals surface area contributed by atoms with E-state index in [1.54, 1.807) is 4.90 Å². The zero-order valence-electron chi connectivity index (χ0n) is 18.1. The van der Waals surface area contributed by atoms with E-state index in [0.29, 0.717) is 0 Å². The molecule has 0 atom stereocenters. The van der Waals surface area contributed by atoms with E-state index in [9.17, 15) is 9.59 Å². The molecular formula is C23H33N3O2. The van der Waals surface area contributed by atoms with Gasteiger partial charge in [-0.1, -0.05) is 57.5 Å². The number of carbonyl (C=O) groups is 1. The summed E-state index contributed by atoms with van der Waals surface area (Å²) in [5, 5.41) is 0. The van der Waals surface area contributed by atoms with Crippen LogP contribution in [-0.2, 0) is 6.42 Å². The van der Waals surface area contributed by atoms with E-state index in [1.165, 1.54) is 5.56 Å². The molecule has 1 aliphatic heterocycles. The summed E-state index contributed by atoms with van der Waals surface area (Å²) in [5.41, 5.74) is 5.94. The number of hydrogen-bond acceptors (Lipinski definition) is 2. The number of nitrogens with one attached hydrogen (secondary N) is 2. The molecule has 1 aromatic heterocycles. The Morgan fingerprint density at radius 3 is 2.25 bits per heavy atom. The van der Waals surface area contributed by atoms with Crippen LogP contribution in [0.15, 0.2) is 41.2 Å². The number of rotatable bonds is 0. The molecule has 0 aliphatic carbocycles. The van der Waals surface area contributed by atoms with Crippen molar-refractivity contribution in [3.63, 3.8) is 0 Å². The standard InChI is InChI=1S/C11H13NO.C8H8N2O.2C2H6/c1-8-3-4-9-5-6-12(2)11(13)10(9)7-8;1-5-3-2-4-6-7(5)10-8(11)9-6;2*1-2/h3-4,7H,5-6H2,1-2H3;2-4H,1H3,(H2,9,10,11);2*1-2H3. The molecule has 0 unspecified atom stereocenters. The number of benzene rings is 2. The van der Waals surface area contributed by atoms with Gasteiger partial charge in [0.25, 0.3) is 5.91 Å². The van der Waals surface area contributed by atoms with Crippen molar-refractivity contribution < 1.29 is 4.79 Å². The Bertz CT molecular complexity index is 954. The molecule has 4 rings (SSSR count). The smallest absolute Gasteiger partial charge is 0.323 e. The topological polar surface area (TPSA) is 69.0 Å². The summed E-state index contributed by atoms with van der Waals surface area (Å²) in [6, 6.07) is 11.9. The van der Waals surface area contributed by atoms with Gasteiger partial charge in [-0.15, -0.1) is 0 Å². The Hall–Kier alpha value is -2.82. The van der Waals surface area contributed by atoms with Crippen LogP contribution >= 0.6 is 0 Å². The van der Waals surface area contributed by atoms with Crippen molar-refractivity contribution in [2.75, 3.05) is 13.6 Å². The zero-order chi connectivity index (χ0) is 21.3. The van der Waals surface area contributed by atoms with E-state index in [1.807, 2.05) is 72.9 Å². The summed E-state index contributed by atoms with van der Waals surface area (Å²) >= 11 is 0. The van der Waals surface area contributed by atoms with E-state index >= 15 is 0 Å². The van der Waals surface area contributed by atoms with Gasteiger partial charge in [-0.25, -0.2) is 4.79 Å². The average Bonchev–Trinajstić information content (AvgIpc) is 3.11. The molecule has 0 spiro atoms. The number of carbonyl (C=O) groups excluding carboxylic acids is 1. The minimum atomic E-state index is -0.144. The fourth-order valence-electron chi connectivity index (χ4n) is 2.91. The van der Waals surface area contributed by atoms with E-state index < -0.39 is 0 Å². The van der Waals surface area contributed by atoms with Crippen LogP contribution in [0.1, 0.15) is 54.7 Å². The summed E-state index contributed by atoms with van der Waals surface area (Å²) in [6.07, 6.45) is 0.984. The number of fused-ring (bicyclic) bond motifs is 2. The van der Waals surface area contributed by atoms with E-state index in [4.69, 9.17) is 0 Å². The van der Waals surface area contributed by atoms with Gasteiger partial charge in [-0.3, -0.25) is 4.79 Å². The van der Waals surface area contributed by atoms with Gasteiger partial charge >= 0.3 is 5.69 Å². The number of H-pyrrole nitrogens is 2. The van der Waals surface area contributed by atoms with Crippen molar-refractivity contribution in [2.45, 2.75) is 48.0 Å². The highest BCUT2D eigenvalue weighted by Gasteiger charge is 2.20. The minimum Gasteiger partial charge on any atom is -0.341 e. The second-order valence-electron chi connectivity index (χ2n) is 6.21. The maximum absolute atomic E-state index is 11.7. The van der Waals surface area contributed by atoms with Gasteiger partial charge in [0.15, 0.2) is 0 Å². The molecule has 28 heavy (non-hydrogen) atoms. The first-order valence-electron chi connectivity index (χ1n) is 9.98. The second-order valence-corrected chi connectivity index (χ2v) is 6.21. The van der Waals surface area contributed by atoms with Crippen LogP contribution in [0.25, 0.3) is 11.0 Å². The molecule has 5 nitrogen and oxygen atoms in total. The number of nitrogens with zero attached hydrogens (tertiary/aromatic N) is 1. The van der Waals surface area contributed by atoms with Crippen molar-refractivity contribution in [2.24, 2.45) is 0 Å². The molecule has 1 amide bonds. The minimum absolute atomic E-state index is 0.144. The highest BCUT2D eigenvalue weighted by atomic mass is 16.2. The number of imidazole rings is 1. The van der Waals surface area contributed by atoms with Crippen LogP contribution < -0.4 is 5.69 Å². The van der Waals surface area contributed by atoms with Crippen LogP contribution in [0.5, 0.6) is 0 Å². The van der Waals surface area contributed by atoms with E-state index in [-0.39, 0.29) is 11.6 Å². The molecule has 152 valence electrons.